The van der Waals surface area contributed by atoms with Crippen LogP contribution in [0.5, 0.6) is 0 Å². The number of β-amino-alcohol motifs (C(OH)–C–C–N with tert-alkyl or cyclic N) is 1. The third-order valence-electron chi connectivity index (χ3n) is 4.06. The maximum Gasteiger partial charge on any atom is 0.0679 e. The first-order chi connectivity index (χ1) is 7.16. The molecule has 1 fully saturated rings. The summed E-state index contributed by atoms with van der Waals surface area (Å²) in [4.78, 5) is 2.43. The van der Waals surface area contributed by atoms with E-state index in [1.165, 1.54) is 12.8 Å². The zero-order valence-corrected chi connectivity index (χ0v) is 9.95. The first-order valence-electron chi connectivity index (χ1n) is 6.24. The molecule has 0 spiro atoms. The third-order valence-corrected chi connectivity index (χ3v) is 4.06. The summed E-state index contributed by atoms with van der Waals surface area (Å²) in [7, 11) is 0. The van der Waals surface area contributed by atoms with Gasteiger partial charge in [-0.05, 0) is 38.0 Å². The molecule has 2 rings (SSSR count). The van der Waals surface area contributed by atoms with Gasteiger partial charge in [-0.25, -0.2) is 0 Å². The number of likely N-dealkylation sites (tertiary alicyclic amines) is 1. The zero-order chi connectivity index (χ0) is 10.8. The molecule has 0 aromatic rings. The highest BCUT2D eigenvalue weighted by Crippen LogP contribution is 2.31. The van der Waals surface area contributed by atoms with Crippen LogP contribution in [0, 0.1) is 11.8 Å². The Labute approximate surface area is 93.0 Å². The summed E-state index contributed by atoms with van der Waals surface area (Å²) in [5.41, 5.74) is 1.56. The molecule has 2 heteroatoms. The van der Waals surface area contributed by atoms with Crippen molar-refractivity contribution in [3.05, 3.63) is 11.6 Å². The summed E-state index contributed by atoms with van der Waals surface area (Å²) >= 11 is 0. The summed E-state index contributed by atoms with van der Waals surface area (Å²) in [6.45, 7) is 7.76. The Bertz CT molecular complexity index is 249. The standard InChI is InChI=1S/C13H23NO/c1-10-4-3-5-11(2)13(10)9-14-7-6-12(15)8-14/h4,11-13,15H,3,5-9H2,1-2H3/t11-,12-,13-/m1/s1. The lowest BCUT2D eigenvalue weighted by Crippen LogP contribution is -2.33. The number of aliphatic hydroxyl groups excluding tert-OH is 1. The second kappa shape index (κ2) is 4.67. The summed E-state index contributed by atoms with van der Waals surface area (Å²) in [6, 6.07) is 0. The van der Waals surface area contributed by atoms with Crippen molar-refractivity contribution < 1.29 is 5.11 Å². The van der Waals surface area contributed by atoms with Crippen molar-refractivity contribution in [2.45, 2.75) is 39.2 Å². The van der Waals surface area contributed by atoms with E-state index < -0.39 is 0 Å². The molecule has 0 radical (unpaired) electrons. The molecule has 0 saturated carbocycles. The van der Waals surface area contributed by atoms with Crippen molar-refractivity contribution in [1.29, 1.82) is 0 Å². The lowest BCUT2D eigenvalue weighted by Gasteiger charge is -2.32. The van der Waals surface area contributed by atoms with Gasteiger partial charge in [-0.3, -0.25) is 0 Å². The zero-order valence-electron chi connectivity index (χ0n) is 9.95. The van der Waals surface area contributed by atoms with E-state index in [1.807, 2.05) is 0 Å². The molecule has 86 valence electrons. The molecule has 1 aliphatic carbocycles. The van der Waals surface area contributed by atoms with Gasteiger partial charge in [0.1, 0.15) is 0 Å². The molecule has 1 heterocycles. The molecule has 1 saturated heterocycles. The van der Waals surface area contributed by atoms with E-state index in [2.05, 4.69) is 24.8 Å². The fraction of sp³-hybridized carbons (Fsp3) is 0.846. The van der Waals surface area contributed by atoms with Crippen LogP contribution >= 0.6 is 0 Å². The van der Waals surface area contributed by atoms with Crippen LogP contribution in [-0.2, 0) is 0 Å². The van der Waals surface area contributed by atoms with Crippen LogP contribution in [0.3, 0.4) is 0 Å². The Kier molecular flexibility index (Phi) is 3.47. The van der Waals surface area contributed by atoms with Crippen molar-refractivity contribution in [3.63, 3.8) is 0 Å². The Balaban J connectivity index is 1.92. The van der Waals surface area contributed by atoms with E-state index >= 15 is 0 Å². The summed E-state index contributed by atoms with van der Waals surface area (Å²) < 4.78 is 0. The molecule has 0 aromatic heterocycles. The second-order valence-electron chi connectivity index (χ2n) is 5.31. The largest absolute Gasteiger partial charge is 0.392 e. The number of aliphatic hydroxyl groups is 1. The monoisotopic (exact) mass is 209 g/mol. The maximum absolute atomic E-state index is 9.50. The van der Waals surface area contributed by atoms with Gasteiger partial charge in [-0.15, -0.1) is 0 Å². The third kappa shape index (κ3) is 2.61. The van der Waals surface area contributed by atoms with Crippen LogP contribution < -0.4 is 0 Å². The number of rotatable bonds is 2. The van der Waals surface area contributed by atoms with Crippen molar-refractivity contribution in [3.8, 4) is 0 Å². The predicted octanol–water partition coefficient (Wildman–Crippen LogP) is 2.05. The van der Waals surface area contributed by atoms with Gasteiger partial charge in [-0.2, -0.15) is 0 Å². The van der Waals surface area contributed by atoms with Gasteiger partial charge in [0.2, 0.25) is 0 Å². The van der Waals surface area contributed by atoms with Crippen LogP contribution in [0.4, 0.5) is 0 Å². The topological polar surface area (TPSA) is 23.5 Å². The molecule has 2 nitrogen and oxygen atoms in total. The van der Waals surface area contributed by atoms with Gasteiger partial charge < -0.3 is 10.0 Å². The number of allylic oxidation sites excluding steroid dienone is 1. The van der Waals surface area contributed by atoms with E-state index in [0.29, 0.717) is 0 Å². The average molecular weight is 209 g/mol. The minimum atomic E-state index is -0.0758. The van der Waals surface area contributed by atoms with Crippen molar-refractivity contribution in [2.24, 2.45) is 11.8 Å². The molecular formula is C13H23NO. The van der Waals surface area contributed by atoms with Crippen molar-refractivity contribution in [2.75, 3.05) is 19.6 Å². The van der Waals surface area contributed by atoms with E-state index in [1.54, 1.807) is 5.57 Å². The predicted molar refractivity (Wildman–Crippen MR) is 62.7 cm³/mol. The Hall–Kier alpha value is -0.340. The van der Waals surface area contributed by atoms with Gasteiger partial charge >= 0.3 is 0 Å². The summed E-state index contributed by atoms with van der Waals surface area (Å²) in [5, 5.41) is 9.50. The van der Waals surface area contributed by atoms with Crippen LogP contribution in [-0.4, -0.2) is 35.7 Å². The Morgan fingerprint density at radius 2 is 2.27 bits per heavy atom. The molecule has 3 atom stereocenters. The van der Waals surface area contributed by atoms with Gasteiger partial charge in [0, 0.05) is 19.6 Å². The van der Waals surface area contributed by atoms with Gasteiger partial charge in [0.15, 0.2) is 0 Å². The smallest absolute Gasteiger partial charge is 0.0679 e. The van der Waals surface area contributed by atoms with E-state index in [4.69, 9.17) is 0 Å². The van der Waals surface area contributed by atoms with Crippen molar-refractivity contribution >= 4 is 0 Å². The van der Waals surface area contributed by atoms with E-state index in [9.17, 15) is 5.11 Å². The quantitative estimate of drug-likeness (QED) is 0.704. The number of nitrogens with zero attached hydrogens (tertiary/aromatic N) is 1. The lowest BCUT2D eigenvalue weighted by molar-refractivity contribution is 0.165. The maximum atomic E-state index is 9.50. The van der Waals surface area contributed by atoms with Crippen LogP contribution in [0.25, 0.3) is 0 Å². The van der Waals surface area contributed by atoms with Crippen molar-refractivity contribution in [1.82, 2.24) is 4.90 Å². The van der Waals surface area contributed by atoms with Crippen LogP contribution in [0.1, 0.15) is 33.1 Å². The van der Waals surface area contributed by atoms with Gasteiger partial charge in [-0.1, -0.05) is 18.6 Å². The highest BCUT2D eigenvalue weighted by Gasteiger charge is 2.27. The molecule has 0 unspecified atom stereocenters. The fourth-order valence-corrected chi connectivity index (χ4v) is 2.96. The molecule has 15 heavy (non-hydrogen) atoms. The minimum absolute atomic E-state index is 0.0758. The van der Waals surface area contributed by atoms with E-state index in [-0.39, 0.29) is 6.10 Å². The molecule has 1 aliphatic heterocycles. The Morgan fingerprint density at radius 1 is 1.47 bits per heavy atom. The minimum Gasteiger partial charge on any atom is -0.392 e. The summed E-state index contributed by atoms with van der Waals surface area (Å²) in [5.74, 6) is 1.54. The van der Waals surface area contributed by atoms with Gasteiger partial charge in [0.25, 0.3) is 0 Å². The van der Waals surface area contributed by atoms with Gasteiger partial charge in [0.05, 0.1) is 6.10 Å². The fourth-order valence-electron chi connectivity index (χ4n) is 2.96. The number of hydrogen-bond acceptors (Lipinski definition) is 2. The lowest BCUT2D eigenvalue weighted by atomic mass is 9.80. The van der Waals surface area contributed by atoms with E-state index in [0.717, 1.165) is 37.9 Å². The normalized spacial score (nSPS) is 38.1. The molecule has 0 bridgehead atoms. The Morgan fingerprint density at radius 3 is 2.87 bits per heavy atom. The first kappa shape index (κ1) is 11.2. The first-order valence-corrected chi connectivity index (χ1v) is 6.24. The second-order valence-corrected chi connectivity index (χ2v) is 5.31. The molecule has 0 aromatic carbocycles. The highest BCUT2D eigenvalue weighted by atomic mass is 16.3. The molecular weight excluding hydrogens is 186 g/mol. The summed E-state index contributed by atoms with van der Waals surface area (Å²) in [6.07, 6.45) is 5.87. The molecule has 1 N–H and O–H groups in total. The SMILES string of the molecule is CC1=CCC[C@@H](C)[C@@H]1CN1CC[C@@H](O)C1. The van der Waals surface area contributed by atoms with Crippen LogP contribution in [0.15, 0.2) is 11.6 Å². The van der Waals surface area contributed by atoms with Crippen LogP contribution in [0.2, 0.25) is 0 Å². The molecule has 2 aliphatic rings. The average Bonchev–Trinajstić information content (AvgIpc) is 2.58. The number of hydrogen-bond donors (Lipinski definition) is 1. The highest BCUT2D eigenvalue weighted by molar-refractivity contribution is 5.09. The molecule has 0 amide bonds.